The van der Waals surface area contributed by atoms with Crippen molar-refractivity contribution in [1.29, 1.82) is 0 Å². The minimum Gasteiger partial charge on any atom is -0.457 e. The lowest BCUT2D eigenvalue weighted by molar-refractivity contribution is -0.153. The quantitative estimate of drug-likeness (QED) is 0.541. The molecule has 0 N–H and O–H groups in total. The van der Waals surface area contributed by atoms with Crippen LogP contribution in [-0.4, -0.2) is 23.1 Å². The van der Waals surface area contributed by atoms with E-state index in [1.54, 1.807) is 0 Å². The van der Waals surface area contributed by atoms with Crippen LogP contribution in [0.3, 0.4) is 0 Å². The van der Waals surface area contributed by atoms with Gasteiger partial charge in [0.2, 0.25) is 0 Å². The second-order valence-electron chi connectivity index (χ2n) is 5.40. The van der Waals surface area contributed by atoms with Gasteiger partial charge in [0.1, 0.15) is 11.2 Å². The Hall–Kier alpha value is -1.32. The smallest absolute Gasteiger partial charge is 0.331 e. The molecule has 0 aliphatic carbocycles. The van der Waals surface area contributed by atoms with Gasteiger partial charge in [0, 0.05) is 12.2 Å². The van der Waals surface area contributed by atoms with E-state index in [0.29, 0.717) is 12.8 Å². The Morgan fingerprint density at radius 1 is 0.833 bits per heavy atom. The van der Waals surface area contributed by atoms with Gasteiger partial charge in [-0.15, -0.1) is 0 Å². The maximum atomic E-state index is 11.4. The zero-order valence-corrected chi connectivity index (χ0v) is 12.2. The van der Waals surface area contributed by atoms with Gasteiger partial charge in [0.15, 0.2) is 0 Å². The van der Waals surface area contributed by atoms with E-state index in [2.05, 4.69) is 0 Å². The number of carbonyl (C=O) groups excluding carboxylic acids is 2. The molecule has 0 amide bonds. The summed E-state index contributed by atoms with van der Waals surface area (Å²) in [6.45, 7) is 11.1. The maximum Gasteiger partial charge on any atom is 0.331 e. The third-order valence-corrected chi connectivity index (χ3v) is 2.81. The van der Waals surface area contributed by atoms with Gasteiger partial charge >= 0.3 is 11.9 Å². The molecule has 4 heteroatoms. The molecule has 0 aromatic heterocycles. The molecular weight excluding hydrogens is 232 g/mol. The van der Waals surface area contributed by atoms with Gasteiger partial charge in [-0.2, -0.15) is 0 Å². The minimum atomic E-state index is -0.534. The Labute approximate surface area is 109 Å². The molecule has 104 valence electrons. The Morgan fingerprint density at radius 2 is 1.11 bits per heavy atom. The van der Waals surface area contributed by atoms with Gasteiger partial charge in [0.05, 0.1) is 0 Å². The van der Waals surface area contributed by atoms with Crippen molar-refractivity contribution >= 4 is 11.9 Å². The number of rotatable bonds is 6. The lowest BCUT2D eigenvalue weighted by Crippen LogP contribution is -2.27. The van der Waals surface area contributed by atoms with Crippen LogP contribution in [0.5, 0.6) is 0 Å². The van der Waals surface area contributed by atoms with Crippen LogP contribution in [0.4, 0.5) is 0 Å². The van der Waals surface area contributed by atoms with E-state index < -0.39 is 23.1 Å². The molecular formula is C14H24O4. The second kappa shape index (κ2) is 6.57. The van der Waals surface area contributed by atoms with Crippen molar-refractivity contribution in [2.24, 2.45) is 0 Å². The highest BCUT2D eigenvalue weighted by atomic mass is 16.6. The van der Waals surface area contributed by atoms with E-state index in [4.69, 9.17) is 9.47 Å². The van der Waals surface area contributed by atoms with E-state index in [9.17, 15) is 9.59 Å². The molecule has 0 aliphatic rings. The molecule has 18 heavy (non-hydrogen) atoms. The predicted octanol–water partition coefficient (Wildman–Crippen LogP) is 3.01. The first-order valence-corrected chi connectivity index (χ1v) is 6.26. The molecule has 4 nitrogen and oxygen atoms in total. The van der Waals surface area contributed by atoms with E-state index in [0.717, 1.165) is 12.2 Å². The third kappa shape index (κ3) is 7.09. The van der Waals surface area contributed by atoms with Gasteiger partial charge in [-0.25, -0.2) is 9.59 Å². The lowest BCUT2D eigenvalue weighted by Gasteiger charge is -2.23. The molecule has 0 saturated carbocycles. The standard InChI is InChI=1S/C14H24O4/c1-7-13(3,4)17-11(15)9-10-12(16)18-14(5,6)8-2/h9-10H,7-8H2,1-6H3/b10-9-. The topological polar surface area (TPSA) is 52.6 Å². The second-order valence-corrected chi connectivity index (χ2v) is 5.40. The largest absolute Gasteiger partial charge is 0.457 e. The number of hydrogen-bond donors (Lipinski definition) is 0. The molecule has 0 unspecified atom stereocenters. The third-order valence-electron chi connectivity index (χ3n) is 2.81. The summed E-state index contributed by atoms with van der Waals surface area (Å²) in [7, 11) is 0. The van der Waals surface area contributed by atoms with Crippen molar-refractivity contribution in [1.82, 2.24) is 0 Å². The van der Waals surface area contributed by atoms with E-state index in [-0.39, 0.29) is 0 Å². The monoisotopic (exact) mass is 256 g/mol. The molecule has 0 spiro atoms. The molecule has 0 rings (SSSR count). The minimum absolute atomic E-state index is 0.520. The van der Waals surface area contributed by atoms with Gasteiger partial charge in [-0.3, -0.25) is 0 Å². The number of carbonyl (C=O) groups is 2. The van der Waals surface area contributed by atoms with Gasteiger partial charge in [-0.05, 0) is 40.5 Å². The van der Waals surface area contributed by atoms with Crippen molar-refractivity contribution in [3.63, 3.8) is 0 Å². The lowest BCUT2D eigenvalue weighted by atomic mass is 10.1. The Morgan fingerprint density at radius 3 is 1.33 bits per heavy atom. The van der Waals surface area contributed by atoms with Crippen LogP contribution in [0.15, 0.2) is 12.2 Å². The summed E-state index contributed by atoms with van der Waals surface area (Å²) >= 11 is 0. The van der Waals surface area contributed by atoms with Crippen molar-refractivity contribution in [3.05, 3.63) is 12.2 Å². The Balaban J connectivity index is 4.32. The summed E-state index contributed by atoms with van der Waals surface area (Å²) in [5.41, 5.74) is -1.04. The first-order chi connectivity index (χ1) is 8.12. The van der Waals surface area contributed by atoms with Gasteiger partial charge < -0.3 is 9.47 Å². The predicted molar refractivity (Wildman–Crippen MR) is 70.1 cm³/mol. The average Bonchev–Trinajstić information content (AvgIpc) is 2.25. The first kappa shape index (κ1) is 16.7. The van der Waals surface area contributed by atoms with Crippen LogP contribution in [0.2, 0.25) is 0 Å². The molecule has 0 aromatic carbocycles. The van der Waals surface area contributed by atoms with Crippen LogP contribution in [0.1, 0.15) is 54.4 Å². The summed E-state index contributed by atoms with van der Waals surface area (Å²) in [6.07, 6.45) is 3.62. The van der Waals surface area contributed by atoms with Crippen molar-refractivity contribution in [2.75, 3.05) is 0 Å². The van der Waals surface area contributed by atoms with Crippen molar-refractivity contribution in [2.45, 2.75) is 65.6 Å². The van der Waals surface area contributed by atoms with Crippen molar-refractivity contribution in [3.8, 4) is 0 Å². The van der Waals surface area contributed by atoms with E-state index in [1.807, 2.05) is 41.5 Å². The molecule has 0 atom stereocenters. The van der Waals surface area contributed by atoms with Crippen LogP contribution < -0.4 is 0 Å². The maximum absolute atomic E-state index is 11.4. The summed E-state index contributed by atoms with van der Waals surface area (Å²) in [6, 6.07) is 0. The Bertz CT molecular complexity index is 295. The highest BCUT2D eigenvalue weighted by Crippen LogP contribution is 2.15. The highest BCUT2D eigenvalue weighted by molar-refractivity contribution is 5.91. The summed E-state index contributed by atoms with van der Waals surface area (Å²) in [5.74, 6) is -1.07. The molecule has 0 aliphatic heterocycles. The van der Waals surface area contributed by atoms with E-state index >= 15 is 0 Å². The summed E-state index contributed by atoms with van der Waals surface area (Å²) in [5, 5.41) is 0. The average molecular weight is 256 g/mol. The number of hydrogen-bond acceptors (Lipinski definition) is 4. The highest BCUT2D eigenvalue weighted by Gasteiger charge is 2.20. The van der Waals surface area contributed by atoms with Gasteiger partial charge in [0.25, 0.3) is 0 Å². The van der Waals surface area contributed by atoms with Crippen molar-refractivity contribution < 1.29 is 19.1 Å². The zero-order valence-electron chi connectivity index (χ0n) is 12.2. The number of esters is 2. The first-order valence-electron chi connectivity index (χ1n) is 6.26. The molecule has 0 aromatic rings. The fourth-order valence-corrected chi connectivity index (χ4v) is 0.893. The molecule has 0 bridgehead atoms. The molecule has 0 fully saturated rings. The normalized spacial score (nSPS) is 12.6. The molecule has 0 radical (unpaired) electrons. The van der Waals surface area contributed by atoms with Crippen LogP contribution in [0.25, 0.3) is 0 Å². The van der Waals surface area contributed by atoms with Crippen LogP contribution >= 0.6 is 0 Å². The Kier molecular flexibility index (Phi) is 6.09. The van der Waals surface area contributed by atoms with Crippen LogP contribution in [-0.2, 0) is 19.1 Å². The molecule has 0 saturated heterocycles. The van der Waals surface area contributed by atoms with Crippen LogP contribution in [0, 0.1) is 0 Å². The molecule has 0 heterocycles. The van der Waals surface area contributed by atoms with E-state index in [1.165, 1.54) is 0 Å². The summed E-state index contributed by atoms with van der Waals surface area (Å²) < 4.78 is 10.3. The van der Waals surface area contributed by atoms with Gasteiger partial charge in [-0.1, -0.05) is 13.8 Å². The number of ether oxygens (including phenoxy) is 2. The fraction of sp³-hybridized carbons (Fsp3) is 0.714. The summed E-state index contributed by atoms with van der Waals surface area (Å²) in [4.78, 5) is 22.9. The fourth-order valence-electron chi connectivity index (χ4n) is 0.893. The SMILES string of the molecule is CCC(C)(C)OC(=O)/C=C\C(=O)OC(C)(C)CC. The zero-order chi connectivity index (χ0) is 14.4.